The first kappa shape index (κ1) is 48.2. The summed E-state index contributed by atoms with van der Waals surface area (Å²) in [7, 11) is -13.4. The number of hydrogen-bond donors (Lipinski definition) is 8. The van der Waals surface area contributed by atoms with Crippen LogP contribution < -0.4 is 10.6 Å². The Morgan fingerprint density at radius 1 is 0.857 bits per heavy atom. The Balaban J connectivity index is 1.39. The van der Waals surface area contributed by atoms with Crippen LogP contribution >= 0.6 is 46.1 Å². The molecule has 3 amide bonds. The lowest BCUT2D eigenvalue weighted by Crippen LogP contribution is -2.33. The van der Waals surface area contributed by atoms with Gasteiger partial charge in [-0.1, -0.05) is 22.6 Å². The molecule has 24 nitrogen and oxygen atoms in total. The SMILES string of the molecule is CN(CCCCN(C)C(=O)CCCCNc1ncnc2c1ncn2[C@@H]1O[C@H](COP(=O)(O)OP(=O)(O)OP(=O)(O)O)[C@@H](O)[C@H]1O)C(=O)CCCCNC(=O)CI. The van der Waals surface area contributed by atoms with Crippen LogP contribution in [0.3, 0.4) is 0 Å². The second-order valence-corrected chi connectivity index (χ2v) is 17.8. The predicted octanol–water partition coefficient (Wildman–Crippen LogP) is 0.789. The van der Waals surface area contributed by atoms with E-state index in [-0.39, 0.29) is 28.9 Å². The summed E-state index contributed by atoms with van der Waals surface area (Å²) in [4.78, 5) is 88.6. The third-order valence-electron chi connectivity index (χ3n) is 8.25. The van der Waals surface area contributed by atoms with Crippen molar-refractivity contribution in [2.75, 3.05) is 56.6 Å². The van der Waals surface area contributed by atoms with E-state index in [2.05, 4.69) is 38.7 Å². The number of alkyl halides is 1. The van der Waals surface area contributed by atoms with Gasteiger partial charge < -0.3 is 55.0 Å². The number of unbranched alkanes of at least 4 members (excludes halogenated alkanes) is 3. The second-order valence-electron chi connectivity index (χ2n) is 12.6. The zero-order chi connectivity index (χ0) is 41.7. The maximum absolute atomic E-state index is 12.7. The van der Waals surface area contributed by atoms with Crippen LogP contribution in [0.2, 0.25) is 0 Å². The maximum Gasteiger partial charge on any atom is 0.490 e. The van der Waals surface area contributed by atoms with Gasteiger partial charge in [0.15, 0.2) is 23.2 Å². The first-order valence-electron chi connectivity index (χ1n) is 17.3. The number of nitrogens with one attached hydrogen (secondary N) is 2. The van der Waals surface area contributed by atoms with Crippen LogP contribution in [0.4, 0.5) is 5.82 Å². The second kappa shape index (κ2) is 22.2. The van der Waals surface area contributed by atoms with Crippen LogP contribution in [0.15, 0.2) is 12.7 Å². The lowest BCUT2D eigenvalue weighted by atomic mass is 10.1. The number of nitrogens with zero attached hydrogens (tertiary/aromatic N) is 6. The molecule has 3 heterocycles. The van der Waals surface area contributed by atoms with Crippen molar-refractivity contribution in [1.82, 2.24) is 34.6 Å². The van der Waals surface area contributed by atoms with E-state index in [1.54, 1.807) is 23.9 Å². The van der Waals surface area contributed by atoms with Gasteiger partial charge in [0.2, 0.25) is 17.7 Å². The van der Waals surface area contributed by atoms with Crippen LogP contribution in [-0.4, -0.2) is 146 Å². The highest BCUT2D eigenvalue weighted by Gasteiger charge is 2.47. The molecule has 0 bridgehead atoms. The largest absolute Gasteiger partial charge is 0.490 e. The van der Waals surface area contributed by atoms with Crippen LogP contribution in [0.5, 0.6) is 0 Å². The summed E-state index contributed by atoms with van der Waals surface area (Å²) < 4.78 is 53.6. The fourth-order valence-electron chi connectivity index (χ4n) is 5.35. The minimum absolute atomic E-state index is 0.00934. The fourth-order valence-corrected chi connectivity index (χ4v) is 8.65. The number of aliphatic hydroxyl groups excluding tert-OH is 2. The summed E-state index contributed by atoms with van der Waals surface area (Å²) in [6.45, 7) is 1.14. The minimum Gasteiger partial charge on any atom is -0.387 e. The summed E-state index contributed by atoms with van der Waals surface area (Å²) in [6, 6.07) is 0. The average Bonchev–Trinajstić information content (AvgIpc) is 3.66. The van der Waals surface area contributed by atoms with Crippen molar-refractivity contribution in [3.8, 4) is 0 Å². The Morgan fingerprint density at radius 2 is 1.46 bits per heavy atom. The van der Waals surface area contributed by atoms with E-state index in [1.807, 2.05) is 22.6 Å². The van der Waals surface area contributed by atoms with E-state index >= 15 is 0 Å². The Labute approximate surface area is 335 Å². The molecule has 56 heavy (non-hydrogen) atoms. The summed E-state index contributed by atoms with van der Waals surface area (Å²) >= 11 is 1.99. The number of carbonyl (C=O) groups is 3. The van der Waals surface area contributed by atoms with Crippen molar-refractivity contribution in [1.29, 1.82) is 0 Å². The van der Waals surface area contributed by atoms with Gasteiger partial charge in [0.1, 0.15) is 24.6 Å². The van der Waals surface area contributed by atoms with E-state index in [1.165, 1.54) is 17.2 Å². The quantitative estimate of drug-likeness (QED) is 0.0295. The summed E-state index contributed by atoms with van der Waals surface area (Å²) in [5, 5.41) is 27.1. The summed E-state index contributed by atoms with van der Waals surface area (Å²) in [6.07, 6.45) is 1.10. The van der Waals surface area contributed by atoms with Gasteiger partial charge in [-0.2, -0.15) is 8.62 Å². The Bertz CT molecular complexity index is 1770. The molecule has 28 heteroatoms. The highest BCUT2D eigenvalue weighted by molar-refractivity contribution is 14.1. The molecular formula is C28H48IN8O16P3. The molecule has 318 valence electrons. The lowest BCUT2D eigenvalue weighted by molar-refractivity contribution is -0.131. The number of ether oxygens (including phenoxy) is 1. The number of aromatic nitrogens is 4. The minimum atomic E-state index is -5.76. The average molecular weight is 973 g/mol. The highest BCUT2D eigenvalue weighted by atomic mass is 127. The van der Waals surface area contributed by atoms with E-state index in [9.17, 15) is 48.1 Å². The topological polar surface area (TPSA) is 335 Å². The Kier molecular flexibility index (Phi) is 19.1. The number of aliphatic hydroxyl groups is 2. The molecule has 2 unspecified atom stereocenters. The van der Waals surface area contributed by atoms with Gasteiger partial charge in [-0.05, 0) is 38.5 Å². The lowest BCUT2D eigenvalue weighted by Gasteiger charge is -2.20. The van der Waals surface area contributed by atoms with Crippen LogP contribution in [-0.2, 0) is 46.0 Å². The molecule has 8 N–H and O–H groups in total. The van der Waals surface area contributed by atoms with Crippen molar-refractivity contribution in [3.05, 3.63) is 12.7 Å². The number of fused-ring (bicyclic) bond motifs is 1. The van der Waals surface area contributed by atoms with Gasteiger partial charge >= 0.3 is 23.5 Å². The van der Waals surface area contributed by atoms with Crippen molar-refractivity contribution >= 4 is 80.8 Å². The predicted molar refractivity (Wildman–Crippen MR) is 204 cm³/mol. The molecular weight excluding hydrogens is 924 g/mol. The van der Waals surface area contributed by atoms with Gasteiger partial charge in [0.25, 0.3) is 0 Å². The van der Waals surface area contributed by atoms with Crippen molar-refractivity contribution in [2.24, 2.45) is 0 Å². The smallest absolute Gasteiger partial charge is 0.387 e. The van der Waals surface area contributed by atoms with Gasteiger partial charge in [-0.15, -0.1) is 0 Å². The van der Waals surface area contributed by atoms with Gasteiger partial charge in [-0.25, -0.2) is 28.6 Å². The monoisotopic (exact) mass is 972 g/mol. The number of carbonyl (C=O) groups excluding carboxylic acids is 3. The molecule has 0 saturated carbocycles. The van der Waals surface area contributed by atoms with E-state index in [0.717, 1.165) is 19.3 Å². The van der Waals surface area contributed by atoms with Crippen LogP contribution in [0, 0.1) is 0 Å². The van der Waals surface area contributed by atoms with Crippen molar-refractivity contribution in [2.45, 2.75) is 75.9 Å². The molecule has 2 aromatic heterocycles. The number of imidazole rings is 1. The molecule has 0 spiro atoms. The van der Waals surface area contributed by atoms with Crippen LogP contribution in [0.1, 0.15) is 57.6 Å². The molecule has 0 aliphatic carbocycles. The standard InChI is InChI=1S/C28H48IN8O16P3/c1-35(21(39)9-3-5-11-30-20(38)15-29)13-7-8-14-36(2)22(40)10-4-6-12-31-26-23-27(33-17-32-26)37(18-34-23)28-25(42)24(41)19(51-28)16-50-55(46,47)53-56(48,49)52-54(43,44)45/h17-19,24-25,28,41-42H,3-16H2,1-2H3,(H,30,38)(H,46,47)(H,48,49)(H,31,32,33)(H2,43,44,45)/t19-,24-,25-,28-/m1/s1. The molecule has 1 aliphatic rings. The molecule has 0 radical (unpaired) electrons. The maximum atomic E-state index is 12.7. The summed E-state index contributed by atoms with van der Waals surface area (Å²) in [5.41, 5.74) is 0.448. The fraction of sp³-hybridized carbons (Fsp3) is 0.714. The number of phosphoric acid groups is 3. The third kappa shape index (κ3) is 15.9. The number of phosphoric ester groups is 1. The number of rotatable bonds is 25. The zero-order valence-corrected chi connectivity index (χ0v) is 35.4. The van der Waals surface area contributed by atoms with Crippen molar-refractivity contribution < 1.29 is 75.7 Å². The normalized spacial score (nSPS) is 20.7. The number of halogens is 1. The molecule has 0 aromatic carbocycles. The molecule has 6 atom stereocenters. The molecule has 1 saturated heterocycles. The van der Waals surface area contributed by atoms with Gasteiger partial charge in [-0.3, -0.25) is 23.5 Å². The van der Waals surface area contributed by atoms with Crippen molar-refractivity contribution in [3.63, 3.8) is 0 Å². The summed E-state index contributed by atoms with van der Waals surface area (Å²) in [5.74, 6) is 0.355. The Hall–Kier alpha value is -2.22. The number of hydrogen-bond acceptors (Lipinski definition) is 16. The highest BCUT2D eigenvalue weighted by Crippen LogP contribution is 2.66. The zero-order valence-electron chi connectivity index (χ0n) is 30.5. The number of anilines is 1. The van der Waals surface area contributed by atoms with E-state index < -0.39 is 54.6 Å². The molecule has 3 rings (SSSR count). The van der Waals surface area contributed by atoms with E-state index in [4.69, 9.17) is 14.5 Å². The molecule has 1 fully saturated rings. The van der Waals surface area contributed by atoms with Gasteiger partial charge in [0, 0.05) is 53.1 Å². The van der Waals surface area contributed by atoms with E-state index in [0.29, 0.717) is 68.5 Å². The molecule has 1 aliphatic heterocycles. The first-order chi connectivity index (χ1) is 26.2. The first-order valence-corrected chi connectivity index (χ1v) is 23.3. The van der Waals surface area contributed by atoms with Gasteiger partial charge in [0.05, 0.1) is 17.4 Å². The Morgan fingerprint density at radius 3 is 2.05 bits per heavy atom. The van der Waals surface area contributed by atoms with Crippen LogP contribution in [0.25, 0.3) is 11.2 Å². The molecule has 2 aromatic rings. The number of amides is 3. The third-order valence-corrected chi connectivity index (χ3v) is 12.7.